The fourth-order valence-corrected chi connectivity index (χ4v) is 4.14. The predicted octanol–water partition coefficient (Wildman–Crippen LogP) is 1.82. The Labute approximate surface area is 153 Å². The lowest BCUT2D eigenvalue weighted by molar-refractivity contribution is -0.140. The first kappa shape index (κ1) is 17.1. The molecule has 1 saturated heterocycles. The molecule has 0 spiro atoms. The molecule has 2 fully saturated rings. The third-order valence-corrected chi connectivity index (χ3v) is 5.65. The lowest BCUT2D eigenvalue weighted by Crippen LogP contribution is -2.53. The highest BCUT2D eigenvalue weighted by Gasteiger charge is 2.45. The van der Waals surface area contributed by atoms with Crippen molar-refractivity contribution in [2.75, 3.05) is 6.61 Å². The number of hydrogen-bond donors (Lipinski definition) is 1. The lowest BCUT2D eigenvalue weighted by Gasteiger charge is -2.42. The maximum absolute atomic E-state index is 12.9. The van der Waals surface area contributed by atoms with Gasteiger partial charge in [-0.1, -0.05) is 0 Å². The van der Waals surface area contributed by atoms with Crippen LogP contribution in [0.2, 0.25) is 0 Å². The number of nitrogens with zero attached hydrogens (tertiary/aromatic N) is 3. The quantitative estimate of drug-likeness (QED) is 0.891. The van der Waals surface area contributed by atoms with Gasteiger partial charge in [-0.05, 0) is 45.1 Å². The summed E-state index contributed by atoms with van der Waals surface area (Å²) in [5.41, 5.74) is 1.70. The number of hydrogen-bond acceptors (Lipinski definition) is 4. The van der Waals surface area contributed by atoms with Crippen LogP contribution in [0.3, 0.4) is 0 Å². The topological polar surface area (TPSA) is 76.5 Å². The van der Waals surface area contributed by atoms with Crippen LogP contribution in [0, 0.1) is 0 Å². The van der Waals surface area contributed by atoms with E-state index in [4.69, 9.17) is 4.74 Å². The van der Waals surface area contributed by atoms with Crippen molar-refractivity contribution >= 4 is 11.8 Å². The molecule has 7 heteroatoms. The highest BCUT2D eigenvalue weighted by Crippen LogP contribution is 2.40. The summed E-state index contributed by atoms with van der Waals surface area (Å²) >= 11 is 0. The summed E-state index contributed by atoms with van der Waals surface area (Å²) < 4.78 is 7.36. The monoisotopic (exact) mass is 358 g/mol. The number of carbonyl (C=O) groups is 2. The van der Waals surface area contributed by atoms with Crippen LogP contribution in [0.4, 0.5) is 0 Å². The van der Waals surface area contributed by atoms with Crippen LogP contribution in [0.1, 0.15) is 57.2 Å². The van der Waals surface area contributed by atoms with E-state index in [-0.39, 0.29) is 23.9 Å². The Morgan fingerprint density at radius 1 is 1.31 bits per heavy atom. The standard InChI is InChI=1S/C19H26N4O3/c1-12-14(4-3-11-26-12)19(25)21-15-7-8-17(24)23(13-5-6-13)18(15)16-9-10-20-22(16)2/h9-10,13,15,18H,3-8,11H2,1-2H3,(H,21,25)/t15-,18-/m1/s1. The number of allylic oxidation sites excluding steroid dienone is 1. The van der Waals surface area contributed by atoms with Gasteiger partial charge in [0, 0.05) is 25.7 Å². The maximum atomic E-state index is 12.9. The van der Waals surface area contributed by atoms with Gasteiger partial charge in [-0.2, -0.15) is 5.10 Å². The van der Waals surface area contributed by atoms with Crippen molar-refractivity contribution in [3.05, 3.63) is 29.3 Å². The first-order valence-corrected chi connectivity index (χ1v) is 9.48. The minimum Gasteiger partial charge on any atom is -0.498 e. The number of aryl methyl sites for hydroxylation is 1. The molecule has 0 radical (unpaired) electrons. The molecule has 2 amide bonds. The second kappa shape index (κ2) is 6.78. The van der Waals surface area contributed by atoms with Crippen LogP contribution >= 0.6 is 0 Å². The van der Waals surface area contributed by atoms with Crippen molar-refractivity contribution in [3.8, 4) is 0 Å². The second-order valence-corrected chi connectivity index (χ2v) is 7.46. The summed E-state index contributed by atoms with van der Waals surface area (Å²) in [5.74, 6) is 0.835. The van der Waals surface area contributed by atoms with Crippen molar-refractivity contribution in [2.45, 2.75) is 63.6 Å². The number of ether oxygens (including phenoxy) is 1. The smallest absolute Gasteiger partial charge is 0.250 e. The molecule has 26 heavy (non-hydrogen) atoms. The van der Waals surface area contributed by atoms with Crippen molar-refractivity contribution in [2.24, 2.45) is 7.05 Å². The summed E-state index contributed by atoms with van der Waals surface area (Å²) in [5, 5.41) is 7.49. The maximum Gasteiger partial charge on any atom is 0.250 e. The molecule has 2 aliphatic heterocycles. The van der Waals surface area contributed by atoms with Crippen LogP contribution in [-0.4, -0.2) is 45.2 Å². The van der Waals surface area contributed by atoms with Crippen LogP contribution in [0.25, 0.3) is 0 Å². The van der Waals surface area contributed by atoms with Gasteiger partial charge in [0.15, 0.2) is 0 Å². The number of aromatic nitrogens is 2. The number of piperidine rings is 1. The van der Waals surface area contributed by atoms with Gasteiger partial charge < -0.3 is 15.0 Å². The highest BCUT2D eigenvalue weighted by molar-refractivity contribution is 5.94. The van der Waals surface area contributed by atoms with Gasteiger partial charge in [-0.15, -0.1) is 0 Å². The number of carbonyl (C=O) groups excluding carboxylic acids is 2. The third kappa shape index (κ3) is 3.10. The number of amides is 2. The Kier molecular flexibility index (Phi) is 4.46. The number of rotatable bonds is 4. The highest BCUT2D eigenvalue weighted by atomic mass is 16.5. The molecular weight excluding hydrogens is 332 g/mol. The largest absolute Gasteiger partial charge is 0.498 e. The Balaban J connectivity index is 1.62. The van der Waals surface area contributed by atoms with Crippen LogP contribution < -0.4 is 5.32 Å². The number of likely N-dealkylation sites (tertiary alicyclic amines) is 1. The lowest BCUT2D eigenvalue weighted by atomic mass is 9.92. The first-order valence-electron chi connectivity index (χ1n) is 9.48. The molecule has 7 nitrogen and oxygen atoms in total. The zero-order valence-electron chi connectivity index (χ0n) is 15.4. The molecule has 0 aromatic carbocycles. The van der Waals surface area contributed by atoms with Gasteiger partial charge >= 0.3 is 0 Å². The minimum atomic E-state index is -0.161. The average molecular weight is 358 g/mol. The van der Waals surface area contributed by atoms with E-state index < -0.39 is 0 Å². The van der Waals surface area contributed by atoms with Crippen molar-refractivity contribution < 1.29 is 14.3 Å². The van der Waals surface area contributed by atoms with E-state index in [1.165, 1.54) is 0 Å². The molecule has 3 aliphatic rings. The Morgan fingerprint density at radius 2 is 2.12 bits per heavy atom. The summed E-state index contributed by atoms with van der Waals surface area (Å²) in [6.07, 6.45) is 6.56. The Morgan fingerprint density at radius 3 is 2.77 bits per heavy atom. The minimum absolute atomic E-state index is 0.0653. The van der Waals surface area contributed by atoms with E-state index in [9.17, 15) is 9.59 Å². The fourth-order valence-electron chi connectivity index (χ4n) is 4.14. The van der Waals surface area contributed by atoms with Gasteiger partial charge in [0.05, 0.1) is 30.0 Å². The van der Waals surface area contributed by atoms with Crippen molar-refractivity contribution in [3.63, 3.8) is 0 Å². The Hall–Kier alpha value is -2.31. The molecule has 1 aromatic rings. The van der Waals surface area contributed by atoms with Gasteiger partial charge in [0.25, 0.3) is 5.91 Å². The zero-order valence-corrected chi connectivity index (χ0v) is 15.4. The van der Waals surface area contributed by atoms with Crippen molar-refractivity contribution in [1.82, 2.24) is 20.0 Å². The normalized spacial score (nSPS) is 26.7. The second-order valence-electron chi connectivity index (χ2n) is 7.46. The van der Waals surface area contributed by atoms with E-state index in [2.05, 4.69) is 10.4 Å². The molecule has 0 unspecified atom stereocenters. The van der Waals surface area contributed by atoms with Crippen LogP contribution in [0.5, 0.6) is 0 Å². The molecule has 4 rings (SSSR count). The third-order valence-electron chi connectivity index (χ3n) is 5.65. The van der Waals surface area contributed by atoms with Gasteiger partial charge in [-0.25, -0.2) is 0 Å². The van der Waals surface area contributed by atoms with Crippen LogP contribution in [0.15, 0.2) is 23.6 Å². The fraction of sp³-hybridized carbons (Fsp3) is 0.632. The molecule has 0 bridgehead atoms. The first-order chi connectivity index (χ1) is 12.6. The van der Waals surface area contributed by atoms with E-state index >= 15 is 0 Å². The molecule has 1 aliphatic carbocycles. The summed E-state index contributed by atoms with van der Waals surface area (Å²) in [7, 11) is 1.89. The summed E-state index contributed by atoms with van der Waals surface area (Å²) in [6.45, 7) is 2.53. The van der Waals surface area contributed by atoms with E-state index in [0.29, 0.717) is 25.5 Å². The van der Waals surface area contributed by atoms with E-state index in [1.807, 2.05) is 29.6 Å². The van der Waals surface area contributed by atoms with Gasteiger partial charge in [0.1, 0.15) is 5.76 Å². The Bertz CT molecular complexity index is 750. The van der Waals surface area contributed by atoms with Crippen molar-refractivity contribution in [1.29, 1.82) is 0 Å². The van der Waals surface area contributed by atoms with Crippen LogP contribution in [-0.2, 0) is 21.4 Å². The molecule has 1 N–H and O–H groups in total. The SMILES string of the molecule is CC1=C(C(=O)N[C@@H]2CCC(=O)N(C3CC3)[C@H]2c2ccnn2C)CCCO1. The van der Waals surface area contributed by atoms with Gasteiger partial charge in [-0.3, -0.25) is 14.3 Å². The summed E-state index contributed by atoms with van der Waals surface area (Å²) in [6, 6.07) is 1.97. The molecular formula is C19H26N4O3. The van der Waals surface area contributed by atoms with E-state index in [0.717, 1.165) is 42.7 Å². The zero-order chi connectivity index (χ0) is 18.3. The molecule has 140 valence electrons. The van der Waals surface area contributed by atoms with E-state index in [1.54, 1.807) is 6.20 Å². The molecule has 2 atom stereocenters. The predicted molar refractivity (Wildman–Crippen MR) is 94.9 cm³/mol. The molecule has 1 aromatic heterocycles. The summed E-state index contributed by atoms with van der Waals surface area (Å²) in [4.78, 5) is 27.5. The molecule has 1 saturated carbocycles. The molecule has 3 heterocycles. The van der Waals surface area contributed by atoms with Gasteiger partial charge in [0.2, 0.25) is 5.91 Å². The average Bonchev–Trinajstić information content (AvgIpc) is 3.37. The number of nitrogens with one attached hydrogen (secondary N) is 1.